The van der Waals surface area contributed by atoms with Gasteiger partial charge in [-0.25, -0.2) is 8.42 Å². The summed E-state index contributed by atoms with van der Waals surface area (Å²) in [5.41, 5.74) is 5.61. The van der Waals surface area contributed by atoms with Gasteiger partial charge in [0, 0.05) is 13.5 Å². The highest BCUT2D eigenvalue weighted by Gasteiger charge is 2.28. The van der Waals surface area contributed by atoms with E-state index in [1.807, 2.05) is 0 Å². The molecule has 114 valence electrons. The number of rotatable bonds is 6. The number of nitrogens with one attached hydrogen (secondary N) is 1. The van der Waals surface area contributed by atoms with Crippen molar-refractivity contribution in [1.82, 2.24) is 9.78 Å². The Morgan fingerprint density at radius 1 is 1.55 bits per heavy atom. The quantitative estimate of drug-likeness (QED) is 0.764. The van der Waals surface area contributed by atoms with E-state index in [0.29, 0.717) is 0 Å². The molecule has 0 unspecified atom stereocenters. The molecule has 0 aliphatic rings. The fourth-order valence-corrected chi connectivity index (χ4v) is 2.71. The molecule has 0 atom stereocenters. The van der Waals surface area contributed by atoms with E-state index in [1.54, 1.807) is 0 Å². The van der Waals surface area contributed by atoms with Crippen LogP contribution in [-0.2, 0) is 17.1 Å². The van der Waals surface area contributed by atoms with E-state index in [2.05, 4.69) is 9.82 Å². The van der Waals surface area contributed by atoms with Crippen molar-refractivity contribution in [2.24, 2.45) is 12.8 Å². The first-order chi connectivity index (χ1) is 9.02. The number of nitrogens with zero attached hydrogens (tertiary/aromatic N) is 2. The third kappa shape index (κ3) is 4.96. The number of hydrogen-bond donors (Lipinski definition) is 2. The molecule has 0 saturated carbocycles. The van der Waals surface area contributed by atoms with Crippen molar-refractivity contribution in [3.8, 4) is 0 Å². The summed E-state index contributed by atoms with van der Waals surface area (Å²) in [5, 5.41) is 3.78. The van der Waals surface area contributed by atoms with E-state index in [0.717, 1.165) is 0 Å². The Bertz CT molecular complexity index is 595. The molecular weight excluding hydrogens is 317 g/mol. The highest BCUT2D eigenvalue weighted by molar-refractivity contribution is 7.92. The number of hydrogen-bond acceptors (Lipinski definition) is 4. The van der Waals surface area contributed by atoms with Crippen LogP contribution in [0.1, 0.15) is 18.4 Å². The smallest absolute Gasteiger partial charge is 0.389 e. The van der Waals surface area contributed by atoms with Gasteiger partial charge in [-0.05, 0) is 6.42 Å². The normalized spacial score (nSPS) is 12.4. The summed E-state index contributed by atoms with van der Waals surface area (Å²) in [7, 11) is -2.48. The highest BCUT2D eigenvalue weighted by Crippen LogP contribution is 2.22. The first-order valence-corrected chi connectivity index (χ1v) is 7.47. The van der Waals surface area contributed by atoms with Gasteiger partial charge in [0.05, 0.1) is 17.5 Å². The molecule has 1 heterocycles. The molecule has 0 aromatic carbocycles. The molecule has 0 fully saturated rings. The molecule has 1 aromatic rings. The average molecular weight is 330 g/mol. The van der Waals surface area contributed by atoms with Gasteiger partial charge in [0.2, 0.25) is 10.0 Å². The van der Waals surface area contributed by atoms with Crippen molar-refractivity contribution < 1.29 is 21.6 Å². The summed E-state index contributed by atoms with van der Waals surface area (Å²) in [4.78, 5) is -0.0638. The van der Waals surface area contributed by atoms with Crippen molar-refractivity contribution in [2.75, 3.05) is 10.5 Å². The van der Waals surface area contributed by atoms with Crippen LogP contribution in [0.15, 0.2) is 6.20 Å². The van der Waals surface area contributed by atoms with Crippen molar-refractivity contribution in [3.05, 3.63) is 11.8 Å². The molecule has 3 N–H and O–H groups in total. The molecule has 11 heteroatoms. The topological polar surface area (TPSA) is 90.0 Å². The molecule has 1 rings (SSSR count). The second-order valence-electron chi connectivity index (χ2n) is 4.03. The maximum absolute atomic E-state index is 12.0. The Morgan fingerprint density at radius 2 is 2.15 bits per heavy atom. The summed E-state index contributed by atoms with van der Waals surface area (Å²) in [6.07, 6.45) is -4.80. The van der Waals surface area contributed by atoms with Gasteiger partial charge in [-0.2, -0.15) is 18.3 Å². The molecular formula is C9H13F3N4O2S2. The number of anilines is 1. The van der Waals surface area contributed by atoms with Crippen LogP contribution in [-0.4, -0.2) is 35.1 Å². The van der Waals surface area contributed by atoms with Crippen LogP contribution < -0.4 is 10.5 Å². The fraction of sp³-hybridized carbons (Fsp3) is 0.556. The number of aromatic nitrogens is 2. The lowest BCUT2D eigenvalue weighted by Gasteiger charge is -2.10. The van der Waals surface area contributed by atoms with Crippen LogP contribution >= 0.6 is 12.2 Å². The van der Waals surface area contributed by atoms with E-state index in [9.17, 15) is 21.6 Å². The molecule has 0 bridgehead atoms. The minimum atomic E-state index is -4.38. The average Bonchev–Trinajstić information content (AvgIpc) is 2.57. The van der Waals surface area contributed by atoms with E-state index in [1.165, 1.54) is 17.9 Å². The summed E-state index contributed by atoms with van der Waals surface area (Å²) >= 11 is 4.73. The molecule has 0 aliphatic heterocycles. The number of aryl methyl sites for hydroxylation is 1. The SMILES string of the molecule is Cn1ncc(C(N)=S)c1NS(=O)(=O)CCCC(F)(F)F. The lowest BCUT2D eigenvalue weighted by atomic mass is 10.3. The Labute approximate surface area is 119 Å². The number of alkyl halides is 3. The Balaban J connectivity index is 2.77. The third-order valence-corrected chi connectivity index (χ3v) is 3.88. The lowest BCUT2D eigenvalue weighted by Crippen LogP contribution is -2.22. The fourth-order valence-electron chi connectivity index (χ4n) is 1.40. The van der Waals surface area contributed by atoms with Gasteiger partial charge in [0.15, 0.2) is 0 Å². The van der Waals surface area contributed by atoms with Crippen molar-refractivity contribution in [1.29, 1.82) is 0 Å². The van der Waals surface area contributed by atoms with E-state index in [4.69, 9.17) is 18.0 Å². The molecule has 0 radical (unpaired) electrons. The second-order valence-corrected chi connectivity index (χ2v) is 6.32. The Kier molecular flexibility index (Phi) is 4.97. The van der Waals surface area contributed by atoms with Crippen LogP contribution in [0.5, 0.6) is 0 Å². The zero-order valence-corrected chi connectivity index (χ0v) is 12.1. The van der Waals surface area contributed by atoms with Crippen LogP contribution in [0, 0.1) is 0 Å². The van der Waals surface area contributed by atoms with E-state index < -0.39 is 34.8 Å². The zero-order valence-electron chi connectivity index (χ0n) is 10.4. The van der Waals surface area contributed by atoms with Crippen LogP contribution in [0.2, 0.25) is 0 Å². The first kappa shape index (κ1) is 16.7. The number of thiocarbonyl (C=S) groups is 1. The minimum absolute atomic E-state index is 0.0320. The van der Waals surface area contributed by atoms with Gasteiger partial charge in [0.1, 0.15) is 10.8 Å². The number of nitrogens with two attached hydrogens (primary N) is 1. The minimum Gasteiger partial charge on any atom is -0.389 e. The van der Waals surface area contributed by atoms with Crippen LogP contribution in [0.25, 0.3) is 0 Å². The molecule has 0 aliphatic carbocycles. The summed E-state index contributed by atoms with van der Waals surface area (Å²) in [5.74, 6) is -0.626. The van der Waals surface area contributed by atoms with E-state index in [-0.39, 0.29) is 16.4 Å². The van der Waals surface area contributed by atoms with Crippen molar-refractivity contribution in [3.63, 3.8) is 0 Å². The van der Waals surface area contributed by atoms with E-state index >= 15 is 0 Å². The molecule has 0 amide bonds. The highest BCUT2D eigenvalue weighted by atomic mass is 32.2. The monoisotopic (exact) mass is 330 g/mol. The molecule has 0 saturated heterocycles. The second kappa shape index (κ2) is 5.95. The maximum Gasteiger partial charge on any atom is 0.389 e. The van der Waals surface area contributed by atoms with Crippen molar-refractivity contribution >= 4 is 33.0 Å². The zero-order chi connectivity index (χ0) is 15.6. The largest absolute Gasteiger partial charge is 0.389 e. The van der Waals surface area contributed by atoms with Gasteiger partial charge in [-0.1, -0.05) is 12.2 Å². The third-order valence-electron chi connectivity index (χ3n) is 2.33. The number of sulfonamides is 1. The predicted molar refractivity (Wildman–Crippen MR) is 71.8 cm³/mol. The Hall–Kier alpha value is -1.36. The maximum atomic E-state index is 12.0. The standard InChI is InChI=1S/C9H13F3N4O2S2/c1-16-8(6(5-14-16)7(13)19)15-20(17,18)4-2-3-9(10,11)12/h5,15H,2-4H2,1H3,(H2,13,19). The summed E-state index contributed by atoms with van der Waals surface area (Å²) < 4.78 is 62.7. The number of halogens is 3. The van der Waals surface area contributed by atoms with Gasteiger partial charge < -0.3 is 5.73 Å². The molecule has 1 aromatic heterocycles. The molecule has 0 spiro atoms. The van der Waals surface area contributed by atoms with Gasteiger partial charge in [-0.3, -0.25) is 9.40 Å². The van der Waals surface area contributed by atoms with Gasteiger partial charge in [0.25, 0.3) is 0 Å². The van der Waals surface area contributed by atoms with Crippen LogP contribution in [0.4, 0.5) is 19.0 Å². The van der Waals surface area contributed by atoms with Gasteiger partial charge >= 0.3 is 6.18 Å². The van der Waals surface area contributed by atoms with Crippen molar-refractivity contribution in [2.45, 2.75) is 19.0 Å². The van der Waals surface area contributed by atoms with Crippen LogP contribution in [0.3, 0.4) is 0 Å². The predicted octanol–water partition coefficient (Wildman–Crippen LogP) is 1.14. The first-order valence-electron chi connectivity index (χ1n) is 5.41. The Morgan fingerprint density at radius 3 is 2.65 bits per heavy atom. The van der Waals surface area contributed by atoms with Gasteiger partial charge in [-0.15, -0.1) is 0 Å². The summed E-state index contributed by atoms with van der Waals surface area (Å²) in [6.45, 7) is 0. The lowest BCUT2D eigenvalue weighted by molar-refractivity contribution is -0.134. The molecule has 20 heavy (non-hydrogen) atoms. The molecule has 6 nitrogen and oxygen atoms in total. The summed E-state index contributed by atoms with van der Waals surface area (Å²) in [6, 6.07) is 0.